The van der Waals surface area contributed by atoms with Crippen molar-refractivity contribution in [3.8, 4) is 11.3 Å². The van der Waals surface area contributed by atoms with Gasteiger partial charge in [0.1, 0.15) is 33.1 Å². The lowest BCUT2D eigenvalue weighted by Gasteiger charge is -2.30. The molecule has 3 aromatic rings. The zero-order valence-corrected chi connectivity index (χ0v) is 16.5. The molecule has 1 aromatic carbocycles. The summed E-state index contributed by atoms with van der Waals surface area (Å²) in [7, 11) is 0. The molecular formula is C19H19FN4OS2. The van der Waals surface area contributed by atoms with E-state index in [1.165, 1.54) is 41.8 Å². The van der Waals surface area contributed by atoms with Crippen LogP contribution in [0.15, 0.2) is 35.6 Å². The van der Waals surface area contributed by atoms with Crippen LogP contribution in [0.3, 0.4) is 0 Å². The van der Waals surface area contributed by atoms with Crippen molar-refractivity contribution in [2.24, 2.45) is 5.92 Å². The highest BCUT2D eigenvalue weighted by atomic mass is 32.2. The number of carbonyl (C=O) groups is 1. The summed E-state index contributed by atoms with van der Waals surface area (Å²) >= 11 is 2.74. The zero-order chi connectivity index (χ0) is 18.8. The van der Waals surface area contributed by atoms with Gasteiger partial charge in [-0.1, -0.05) is 18.7 Å². The minimum absolute atomic E-state index is 0.155. The first-order valence-corrected chi connectivity index (χ1v) is 10.6. The van der Waals surface area contributed by atoms with Crippen LogP contribution in [0.2, 0.25) is 0 Å². The average molecular weight is 403 g/mol. The summed E-state index contributed by atoms with van der Waals surface area (Å²) in [5, 5.41) is 0.768. The van der Waals surface area contributed by atoms with Crippen LogP contribution in [-0.2, 0) is 4.79 Å². The quantitative estimate of drug-likeness (QED) is 0.482. The Morgan fingerprint density at radius 2 is 2.00 bits per heavy atom. The summed E-state index contributed by atoms with van der Waals surface area (Å²) in [5.41, 5.74) is 2.27. The van der Waals surface area contributed by atoms with Crippen LogP contribution in [0.25, 0.3) is 21.5 Å². The predicted octanol–water partition coefficient (Wildman–Crippen LogP) is 4.24. The second-order valence-electron chi connectivity index (χ2n) is 6.75. The van der Waals surface area contributed by atoms with Crippen LogP contribution >= 0.6 is 23.3 Å². The van der Waals surface area contributed by atoms with Gasteiger partial charge in [0.15, 0.2) is 0 Å². The van der Waals surface area contributed by atoms with Gasteiger partial charge in [0, 0.05) is 18.7 Å². The molecule has 1 saturated heterocycles. The summed E-state index contributed by atoms with van der Waals surface area (Å²) in [6.07, 6.45) is 3.65. The molecule has 1 amide bonds. The number of rotatable bonds is 4. The Morgan fingerprint density at radius 1 is 1.26 bits per heavy atom. The summed E-state index contributed by atoms with van der Waals surface area (Å²) in [5.74, 6) is 0.937. The molecule has 4 rings (SSSR count). The highest BCUT2D eigenvalue weighted by molar-refractivity contribution is 8.00. The number of likely N-dealkylation sites (tertiary alicyclic amines) is 1. The molecule has 8 heteroatoms. The number of hydrogen-bond donors (Lipinski definition) is 0. The third-order valence-corrected chi connectivity index (χ3v) is 6.76. The lowest BCUT2D eigenvalue weighted by molar-refractivity contribution is -0.129. The fourth-order valence-corrected chi connectivity index (χ4v) is 4.94. The van der Waals surface area contributed by atoms with E-state index in [2.05, 4.69) is 21.3 Å². The first-order valence-electron chi connectivity index (χ1n) is 8.88. The van der Waals surface area contributed by atoms with Gasteiger partial charge in [0.05, 0.1) is 5.75 Å². The van der Waals surface area contributed by atoms with Crippen molar-refractivity contribution >= 4 is 39.4 Å². The van der Waals surface area contributed by atoms with Gasteiger partial charge in [0.25, 0.3) is 0 Å². The Hall–Kier alpha value is -2.06. The van der Waals surface area contributed by atoms with Gasteiger partial charge in [-0.05, 0) is 54.6 Å². The zero-order valence-electron chi connectivity index (χ0n) is 14.9. The number of fused-ring (bicyclic) bond motifs is 1. The molecule has 0 aliphatic carbocycles. The lowest BCUT2D eigenvalue weighted by Crippen LogP contribution is -2.38. The van der Waals surface area contributed by atoms with Crippen molar-refractivity contribution in [2.45, 2.75) is 24.8 Å². The number of piperidine rings is 1. The summed E-state index contributed by atoms with van der Waals surface area (Å²) in [6, 6.07) is 6.21. The third-order valence-electron chi connectivity index (χ3n) is 4.81. The van der Waals surface area contributed by atoms with E-state index in [9.17, 15) is 9.18 Å². The van der Waals surface area contributed by atoms with Crippen molar-refractivity contribution in [3.63, 3.8) is 0 Å². The number of carbonyl (C=O) groups excluding carboxylic acids is 1. The van der Waals surface area contributed by atoms with E-state index in [0.29, 0.717) is 11.7 Å². The van der Waals surface area contributed by atoms with Crippen molar-refractivity contribution in [1.82, 2.24) is 19.2 Å². The number of aromatic nitrogens is 3. The SMILES string of the molecule is CC1CCN(C(=O)CSc2ncnc3c(-c4ccc(F)cc4)nsc23)CC1. The normalized spacial score (nSPS) is 15.4. The second kappa shape index (κ2) is 7.90. The van der Waals surface area contributed by atoms with Gasteiger partial charge < -0.3 is 4.90 Å². The molecule has 0 bridgehead atoms. The molecule has 3 heterocycles. The second-order valence-corrected chi connectivity index (χ2v) is 8.48. The fraction of sp³-hybridized carbons (Fsp3) is 0.368. The number of halogens is 1. The Balaban J connectivity index is 1.51. The minimum Gasteiger partial charge on any atom is -0.342 e. The number of hydrogen-bond acceptors (Lipinski definition) is 6. The van der Waals surface area contributed by atoms with Crippen LogP contribution in [0, 0.1) is 11.7 Å². The van der Waals surface area contributed by atoms with E-state index in [1.807, 2.05) is 4.90 Å². The Kier molecular flexibility index (Phi) is 5.36. The van der Waals surface area contributed by atoms with Crippen LogP contribution in [0.4, 0.5) is 4.39 Å². The van der Waals surface area contributed by atoms with Crippen LogP contribution in [-0.4, -0.2) is 44.0 Å². The topological polar surface area (TPSA) is 59.0 Å². The highest BCUT2D eigenvalue weighted by Crippen LogP contribution is 2.34. The largest absolute Gasteiger partial charge is 0.342 e. The molecule has 0 saturated carbocycles. The Bertz CT molecular complexity index is 952. The maximum atomic E-state index is 13.2. The maximum Gasteiger partial charge on any atom is 0.232 e. The molecule has 0 N–H and O–H groups in total. The standard InChI is InChI=1S/C19H19FN4OS2/c1-12-6-8-24(9-7-12)15(25)10-26-19-18-17(21-11-22-19)16(23-27-18)13-2-4-14(20)5-3-13/h2-5,11-12H,6-10H2,1H3. The summed E-state index contributed by atoms with van der Waals surface area (Å²) < 4.78 is 18.5. The molecule has 0 radical (unpaired) electrons. The van der Waals surface area contributed by atoms with Crippen molar-refractivity contribution in [3.05, 3.63) is 36.4 Å². The summed E-state index contributed by atoms with van der Waals surface area (Å²) in [4.78, 5) is 23.1. The number of benzene rings is 1. The van der Waals surface area contributed by atoms with E-state index < -0.39 is 0 Å². The Labute approximate surface area is 165 Å². The fourth-order valence-electron chi connectivity index (χ4n) is 3.12. The molecular weight excluding hydrogens is 383 g/mol. The minimum atomic E-state index is -0.283. The lowest BCUT2D eigenvalue weighted by atomic mass is 9.99. The van der Waals surface area contributed by atoms with Crippen LogP contribution < -0.4 is 0 Å². The summed E-state index contributed by atoms with van der Waals surface area (Å²) in [6.45, 7) is 3.92. The van der Waals surface area contributed by atoms with E-state index in [4.69, 9.17) is 0 Å². The van der Waals surface area contributed by atoms with E-state index in [1.54, 1.807) is 12.1 Å². The predicted molar refractivity (Wildman–Crippen MR) is 106 cm³/mol. The van der Waals surface area contributed by atoms with E-state index in [0.717, 1.165) is 52.4 Å². The molecule has 0 atom stereocenters. The van der Waals surface area contributed by atoms with E-state index >= 15 is 0 Å². The van der Waals surface area contributed by atoms with Gasteiger partial charge >= 0.3 is 0 Å². The number of nitrogens with zero attached hydrogens (tertiary/aromatic N) is 4. The van der Waals surface area contributed by atoms with Crippen LogP contribution in [0.5, 0.6) is 0 Å². The number of thioether (sulfide) groups is 1. The molecule has 27 heavy (non-hydrogen) atoms. The first kappa shape index (κ1) is 18.3. The van der Waals surface area contributed by atoms with Crippen molar-refractivity contribution in [1.29, 1.82) is 0 Å². The number of amides is 1. The van der Waals surface area contributed by atoms with Gasteiger partial charge in [-0.15, -0.1) is 0 Å². The average Bonchev–Trinajstić information content (AvgIpc) is 3.12. The molecule has 1 aliphatic rings. The monoisotopic (exact) mass is 402 g/mol. The molecule has 1 aliphatic heterocycles. The van der Waals surface area contributed by atoms with Gasteiger partial charge in [-0.25, -0.2) is 14.4 Å². The molecule has 2 aromatic heterocycles. The smallest absolute Gasteiger partial charge is 0.232 e. The van der Waals surface area contributed by atoms with Crippen molar-refractivity contribution < 1.29 is 9.18 Å². The van der Waals surface area contributed by atoms with Gasteiger partial charge in [0.2, 0.25) is 5.91 Å². The van der Waals surface area contributed by atoms with Crippen LogP contribution in [0.1, 0.15) is 19.8 Å². The first-order chi connectivity index (χ1) is 13.1. The highest BCUT2D eigenvalue weighted by Gasteiger charge is 2.21. The third kappa shape index (κ3) is 3.96. The Morgan fingerprint density at radius 3 is 2.74 bits per heavy atom. The van der Waals surface area contributed by atoms with Gasteiger partial charge in [-0.3, -0.25) is 4.79 Å². The van der Waals surface area contributed by atoms with E-state index in [-0.39, 0.29) is 11.7 Å². The molecule has 5 nitrogen and oxygen atoms in total. The van der Waals surface area contributed by atoms with Gasteiger partial charge in [-0.2, -0.15) is 4.37 Å². The molecule has 140 valence electrons. The molecule has 0 unspecified atom stereocenters. The molecule has 1 fully saturated rings. The molecule has 0 spiro atoms. The van der Waals surface area contributed by atoms with Crippen molar-refractivity contribution in [2.75, 3.05) is 18.8 Å². The maximum absolute atomic E-state index is 13.2.